The van der Waals surface area contributed by atoms with E-state index in [4.69, 9.17) is 5.11 Å². The molecule has 3 rings (SSSR count). The summed E-state index contributed by atoms with van der Waals surface area (Å²) in [7, 11) is 0. The molecule has 6 nitrogen and oxygen atoms in total. The van der Waals surface area contributed by atoms with Crippen LogP contribution in [0.4, 0.5) is 13.2 Å². The first-order valence-corrected chi connectivity index (χ1v) is 8.42. The third kappa shape index (κ3) is 3.52. The van der Waals surface area contributed by atoms with Crippen molar-refractivity contribution in [1.82, 2.24) is 0 Å². The molecular weight excluding hydrogens is 387 g/mol. The van der Waals surface area contributed by atoms with Crippen molar-refractivity contribution >= 4 is 28.8 Å². The highest BCUT2D eigenvalue weighted by atomic mass is 32.1. The van der Waals surface area contributed by atoms with E-state index in [0.717, 1.165) is 0 Å². The van der Waals surface area contributed by atoms with Gasteiger partial charge in [0.1, 0.15) is 0 Å². The Morgan fingerprint density at radius 3 is 2.70 bits per heavy atom. The number of hydrogen-bond donors (Lipinski definition) is 2. The summed E-state index contributed by atoms with van der Waals surface area (Å²) in [6.07, 6.45) is -0.686. The molecule has 1 aromatic rings. The fourth-order valence-corrected chi connectivity index (χ4v) is 3.69. The number of aliphatic imine (C=N–C) groups is 1. The highest BCUT2D eigenvalue weighted by Gasteiger charge is 2.36. The Hall–Kier alpha value is -2.88. The number of carbonyl (C=O) groups is 2. The molecule has 0 aromatic carbocycles. The molecule has 27 heavy (non-hydrogen) atoms. The standard InChI is InChI=1S/C17H12F3NO5S/c1-6-7(5-11(22)23)13-9(21-6)4-8(16(25)14(13)18)15(24)10-2-3-12(27-10)26-17(19)20/h2-3,17,25H,4-5H2,1H3,(H,22,23). The van der Waals surface area contributed by atoms with E-state index in [1.807, 2.05) is 0 Å². The molecular formula is C17H12F3NO5S. The molecule has 2 heterocycles. The predicted molar refractivity (Wildman–Crippen MR) is 90.1 cm³/mol. The topological polar surface area (TPSA) is 96.2 Å². The van der Waals surface area contributed by atoms with Crippen LogP contribution in [0.25, 0.3) is 0 Å². The number of carboxylic acids is 1. The van der Waals surface area contributed by atoms with E-state index in [-0.39, 0.29) is 38.8 Å². The van der Waals surface area contributed by atoms with E-state index in [9.17, 15) is 27.9 Å². The summed E-state index contributed by atoms with van der Waals surface area (Å²) in [6.45, 7) is -1.54. The Balaban J connectivity index is 1.95. The first kappa shape index (κ1) is 18.9. The first-order chi connectivity index (χ1) is 12.7. The second-order valence-corrected chi connectivity index (χ2v) is 6.76. The number of carboxylic acid groups (broad SMARTS) is 1. The quantitative estimate of drug-likeness (QED) is 0.700. The zero-order valence-corrected chi connectivity index (χ0v) is 14.6. The van der Waals surface area contributed by atoms with Gasteiger partial charge in [-0.05, 0) is 24.6 Å². The molecule has 1 aromatic heterocycles. The summed E-state index contributed by atoms with van der Waals surface area (Å²) in [5.41, 5.74) is 0.171. The second kappa shape index (κ2) is 7.03. The fourth-order valence-electron chi connectivity index (χ4n) is 2.87. The maximum Gasteiger partial charge on any atom is 0.388 e. The van der Waals surface area contributed by atoms with E-state index in [1.54, 1.807) is 0 Å². The van der Waals surface area contributed by atoms with Gasteiger partial charge in [-0.25, -0.2) is 4.39 Å². The van der Waals surface area contributed by atoms with Crippen molar-refractivity contribution in [2.24, 2.45) is 4.99 Å². The van der Waals surface area contributed by atoms with Crippen molar-refractivity contribution in [1.29, 1.82) is 0 Å². The molecule has 0 unspecified atom stereocenters. The molecule has 0 bridgehead atoms. The monoisotopic (exact) mass is 399 g/mol. The van der Waals surface area contributed by atoms with Crippen LogP contribution in [0, 0.1) is 0 Å². The Morgan fingerprint density at radius 2 is 2.07 bits per heavy atom. The predicted octanol–water partition coefficient (Wildman–Crippen LogP) is 4.17. The highest BCUT2D eigenvalue weighted by molar-refractivity contribution is 7.16. The van der Waals surface area contributed by atoms with Crippen molar-refractivity contribution in [3.05, 3.63) is 51.0 Å². The number of ketones is 1. The van der Waals surface area contributed by atoms with Crippen LogP contribution in [0.2, 0.25) is 0 Å². The third-order valence-electron chi connectivity index (χ3n) is 4.00. The number of halogens is 3. The van der Waals surface area contributed by atoms with Crippen LogP contribution in [-0.4, -0.2) is 34.3 Å². The molecule has 142 valence electrons. The lowest BCUT2D eigenvalue weighted by Crippen LogP contribution is -2.18. The minimum absolute atomic E-state index is 0.0162. The molecule has 0 saturated heterocycles. The molecule has 2 N–H and O–H groups in total. The van der Waals surface area contributed by atoms with Gasteiger partial charge in [0.25, 0.3) is 0 Å². The molecule has 1 aliphatic heterocycles. The number of aliphatic hydroxyl groups is 1. The molecule has 0 fully saturated rings. The van der Waals surface area contributed by atoms with Gasteiger partial charge in [-0.15, -0.1) is 0 Å². The molecule has 0 amide bonds. The van der Waals surface area contributed by atoms with E-state index in [2.05, 4.69) is 9.73 Å². The molecule has 1 aliphatic carbocycles. The summed E-state index contributed by atoms with van der Waals surface area (Å²) in [6, 6.07) is 2.41. The Kier molecular flexibility index (Phi) is 4.92. The zero-order chi connectivity index (χ0) is 19.9. The number of aliphatic carboxylic acids is 1. The highest BCUT2D eigenvalue weighted by Crippen LogP contribution is 2.40. The van der Waals surface area contributed by atoms with Gasteiger partial charge in [-0.3, -0.25) is 14.6 Å². The maximum absolute atomic E-state index is 14.7. The largest absolute Gasteiger partial charge is 0.505 e. The van der Waals surface area contributed by atoms with Crippen LogP contribution in [0.3, 0.4) is 0 Å². The number of aliphatic hydroxyl groups excluding tert-OH is 1. The lowest BCUT2D eigenvalue weighted by molar-refractivity contribution is -0.136. The number of rotatable bonds is 6. The molecule has 0 spiro atoms. The minimum atomic E-state index is -3.05. The maximum atomic E-state index is 14.7. The van der Waals surface area contributed by atoms with E-state index in [0.29, 0.717) is 17.0 Å². The van der Waals surface area contributed by atoms with Gasteiger partial charge in [0.15, 0.2) is 16.6 Å². The number of alkyl halides is 2. The van der Waals surface area contributed by atoms with Gasteiger partial charge in [0.2, 0.25) is 5.78 Å². The lowest BCUT2D eigenvalue weighted by Gasteiger charge is -2.18. The molecule has 10 heteroatoms. The smallest absolute Gasteiger partial charge is 0.388 e. The number of ether oxygens (including phenoxy) is 1. The Labute approximate surface area is 154 Å². The summed E-state index contributed by atoms with van der Waals surface area (Å²) in [5, 5.41) is 18.9. The number of hydrogen-bond acceptors (Lipinski definition) is 6. The van der Waals surface area contributed by atoms with Crippen molar-refractivity contribution < 1.29 is 37.7 Å². The zero-order valence-electron chi connectivity index (χ0n) is 13.8. The Morgan fingerprint density at radius 1 is 1.37 bits per heavy atom. The average molecular weight is 399 g/mol. The van der Waals surface area contributed by atoms with Gasteiger partial charge < -0.3 is 14.9 Å². The van der Waals surface area contributed by atoms with Crippen LogP contribution in [-0.2, 0) is 4.79 Å². The molecule has 0 radical (unpaired) electrons. The van der Waals surface area contributed by atoms with Crippen LogP contribution in [0.1, 0.15) is 29.4 Å². The van der Waals surface area contributed by atoms with E-state index >= 15 is 0 Å². The minimum Gasteiger partial charge on any atom is -0.505 e. The SMILES string of the molecule is CC1=C(CC(=O)O)C2=C(F)C(O)=C(C(=O)c3ccc(OC(F)F)s3)CC2=N1. The van der Waals surface area contributed by atoms with Gasteiger partial charge in [-0.2, -0.15) is 8.78 Å². The van der Waals surface area contributed by atoms with Crippen molar-refractivity contribution in [3.63, 3.8) is 0 Å². The number of thiophene rings is 1. The van der Waals surface area contributed by atoms with E-state index in [1.165, 1.54) is 19.1 Å². The average Bonchev–Trinajstić information content (AvgIpc) is 3.14. The van der Waals surface area contributed by atoms with Gasteiger partial charge >= 0.3 is 12.6 Å². The third-order valence-corrected chi connectivity index (χ3v) is 4.97. The number of nitrogens with zero attached hydrogens (tertiary/aromatic N) is 1. The van der Waals surface area contributed by atoms with Crippen LogP contribution in [0.5, 0.6) is 5.06 Å². The van der Waals surface area contributed by atoms with Crippen LogP contribution < -0.4 is 4.74 Å². The van der Waals surface area contributed by atoms with Gasteiger partial charge in [-0.1, -0.05) is 11.3 Å². The summed E-state index contributed by atoms with van der Waals surface area (Å²) in [4.78, 5) is 27.7. The van der Waals surface area contributed by atoms with E-state index < -0.39 is 36.4 Å². The van der Waals surface area contributed by atoms with Crippen molar-refractivity contribution in [3.8, 4) is 5.06 Å². The number of fused-ring (bicyclic) bond motifs is 1. The molecule has 0 atom stereocenters. The molecule has 2 aliphatic rings. The Bertz CT molecular complexity index is 971. The number of Topliss-reactive ketones (excluding diaryl/α,β-unsaturated/α-hetero) is 1. The summed E-state index contributed by atoms with van der Waals surface area (Å²) < 4.78 is 43.4. The fraction of sp³-hybridized carbons (Fsp3) is 0.235. The summed E-state index contributed by atoms with van der Waals surface area (Å²) in [5.74, 6) is -3.97. The first-order valence-electron chi connectivity index (χ1n) is 7.60. The summed E-state index contributed by atoms with van der Waals surface area (Å²) >= 11 is 0.637. The second-order valence-electron chi connectivity index (χ2n) is 5.71. The lowest BCUT2D eigenvalue weighted by atomic mass is 9.87. The molecule has 0 saturated carbocycles. The van der Waals surface area contributed by atoms with Crippen molar-refractivity contribution in [2.75, 3.05) is 0 Å². The van der Waals surface area contributed by atoms with Gasteiger partial charge in [0.05, 0.1) is 22.6 Å². The van der Waals surface area contributed by atoms with Crippen molar-refractivity contribution in [2.45, 2.75) is 26.4 Å². The number of allylic oxidation sites excluding steroid dienone is 4. The van der Waals surface area contributed by atoms with Crippen LogP contribution >= 0.6 is 11.3 Å². The van der Waals surface area contributed by atoms with Gasteiger partial charge in [0, 0.05) is 17.7 Å². The normalized spacial score (nSPS) is 16.9. The van der Waals surface area contributed by atoms with Crippen LogP contribution in [0.15, 0.2) is 51.1 Å². The number of carbonyl (C=O) groups excluding carboxylic acids is 1.